The summed E-state index contributed by atoms with van der Waals surface area (Å²) in [6.45, 7) is 6.52. The topological polar surface area (TPSA) is 196 Å². The number of nitrogens with one attached hydrogen (secondary N) is 1. The van der Waals surface area contributed by atoms with E-state index in [1.54, 1.807) is 31.2 Å². The van der Waals surface area contributed by atoms with Crippen molar-refractivity contribution in [1.82, 2.24) is 34.5 Å². The maximum Gasteiger partial charge on any atom is 0.392 e. The van der Waals surface area contributed by atoms with Gasteiger partial charge in [-0.05, 0) is 71.5 Å². The summed E-state index contributed by atoms with van der Waals surface area (Å²) in [4.78, 5) is 46.3. The number of sulfonamides is 1. The molecule has 0 spiro atoms. The minimum absolute atomic E-state index is 0.00879. The number of piperazine rings is 1. The van der Waals surface area contributed by atoms with Crippen molar-refractivity contribution in [2.75, 3.05) is 58.7 Å². The van der Waals surface area contributed by atoms with E-state index in [4.69, 9.17) is 30.5 Å². The molecule has 0 bridgehead atoms. The Hall–Kier alpha value is -6.04. The summed E-state index contributed by atoms with van der Waals surface area (Å²) in [6.07, 6.45) is -3.78. The number of alkyl halides is 3. The SMILES string of the molecule is CCOC(=O)C(Cc1cc(CC(=O)O)ccc1OCc1ccnc(OCCC(F)(F)F)n1)Oc1ncnc2sc(-c3ccc(F)cc3)c(-c3ccc(CNCCN4CCN(S(C)(=O)=O)CC4)c(Cl)c3C)c12. The second-order valence-electron chi connectivity index (χ2n) is 16.5. The number of aromatic nitrogens is 4. The Kier molecular flexibility index (Phi) is 17.4. The molecule has 2 N–H and O–H groups in total. The average molecular weight is 1040 g/mol. The Morgan fingerprint density at radius 3 is 2.45 bits per heavy atom. The van der Waals surface area contributed by atoms with Gasteiger partial charge >= 0.3 is 24.1 Å². The van der Waals surface area contributed by atoms with Crippen LogP contribution >= 0.6 is 22.9 Å². The van der Waals surface area contributed by atoms with Crippen LogP contribution in [0.15, 0.2) is 73.2 Å². The second-order valence-corrected chi connectivity index (χ2v) is 19.8. The first-order valence-corrected chi connectivity index (χ1v) is 25.4. The van der Waals surface area contributed by atoms with E-state index in [-0.39, 0.29) is 49.4 Å². The molecule has 1 aliphatic rings. The Labute approximate surface area is 416 Å². The number of benzene rings is 3. The Bertz CT molecular complexity index is 2960. The third kappa shape index (κ3) is 14.1. The predicted molar refractivity (Wildman–Crippen MR) is 258 cm³/mol. The first-order chi connectivity index (χ1) is 33.9. The number of carboxylic acid groups (broad SMARTS) is 1. The third-order valence-electron chi connectivity index (χ3n) is 11.4. The minimum Gasteiger partial charge on any atom is -0.487 e. The van der Waals surface area contributed by atoms with Gasteiger partial charge in [0.2, 0.25) is 22.0 Å². The highest BCUT2D eigenvalue weighted by Gasteiger charge is 2.31. The summed E-state index contributed by atoms with van der Waals surface area (Å²) in [5.74, 6) is -2.09. The van der Waals surface area contributed by atoms with Crippen molar-refractivity contribution in [2.45, 2.75) is 58.5 Å². The zero-order valence-electron chi connectivity index (χ0n) is 38.8. The summed E-state index contributed by atoms with van der Waals surface area (Å²) in [5, 5.41) is 14.0. The number of aliphatic carboxylic acids is 1. The summed E-state index contributed by atoms with van der Waals surface area (Å²) in [7, 11) is -3.23. The number of halogens is 5. The lowest BCUT2D eigenvalue weighted by Crippen LogP contribution is -2.49. The van der Waals surface area contributed by atoms with Gasteiger partial charge < -0.3 is 29.4 Å². The zero-order valence-corrected chi connectivity index (χ0v) is 41.2. The minimum atomic E-state index is -4.43. The van der Waals surface area contributed by atoms with Gasteiger partial charge in [-0.15, -0.1) is 11.3 Å². The maximum absolute atomic E-state index is 14.3. The van der Waals surface area contributed by atoms with Crippen LogP contribution in [-0.4, -0.2) is 126 Å². The van der Waals surface area contributed by atoms with E-state index < -0.39 is 53.1 Å². The molecule has 23 heteroatoms. The molecule has 1 fully saturated rings. The van der Waals surface area contributed by atoms with Crippen molar-refractivity contribution in [3.63, 3.8) is 0 Å². The highest BCUT2D eigenvalue weighted by Crippen LogP contribution is 2.49. The fraction of sp³-hybridized carbons (Fsp3) is 0.375. The van der Waals surface area contributed by atoms with Gasteiger partial charge in [0.05, 0.1) is 36.8 Å². The Morgan fingerprint density at radius 2 is 1.75 bits per heavy atom. The highest BCUT2D eigenvalue weighted by molar-refractivity contribution is 7.88. The van der Waals surface area contributed by atoms with Gasteiger partial charge in [0.15, 0.2) is 0 Å². The molecule has 7 rings (SSSR count). The van der Waals surface area contributed by atoms with Gasteiger partial charge in [0, 0.05) is 73.9 Å². The molecule has 1 aliphatic heterocycles. The average Bonchev–Trinajstić information content (AvgIpc) is 3.71. The van der Waals surface area contributed by atoms with Crippen LogP contribution in [0.1, 0.15) is 41.3 Å². The first kappa shape index (κ1) is 52.8. The van der Waals surface area contributed by atoms with Crippen LogP contribution in [0.5, 0.6) is 17.6 Å². The first-order valence-electron chi connectivity index (χ1n) is 22.4. The number of carboxylic acids is 1. The van der Waals surface area contributed by atoms with Gasteiger partial charge in [-0.25, -0.2) is 32.6 Å². The molecule has 4 heterocycles. The fourth-order valence-corrected chi connectivity index (χ4v) is 10.1. The number of nitrogens with zero attached hydrogens (tertiary/aromatic N) is 6. The molecule has 0 amide bonds. The van der Waals surface area contributed by atoms with Gasteiger partial charge in [0.25, 0.3) is 0 Å². The molecule has 16 nitrogen and oxygen atoms in total. The van der Waals surface area contributed by atoms with Crippen molar-refractivity contribution >= 4 is 55.1 Å². The number of ether oxygens (including phenoxy) is 4. The normalized spacial score (nSPS) is 14.1. The zero-order chi connectivity index (χ0) is 50.9. The van der Waals surface area contributed by atoms with Gasteiger partial charge in [0.1, 0.15) is 35.9 Å². The molecular formula is C48H50ClF4N7O9S2. The molecule has 3 aromatic heterocycles. The fourth-order valence-electron chi connectivity index (χ4n) is 7.85. The van der Waals surface area contributed by atoms with E-state index in [1.165, 1.54) is 58.7 Å². The van der Waals surface area contributed by atoms with Crippen molar-refractivity contribution in [1.29, 1.82) is 0 Å². The number of thiophene rings is 1. The van der Waals surface area contributed by atoms with E-state index in [0.29, 0.717) is 99.3 Å². The molecule has 378 valence electrons. The lowest BCUT2D eigenvalue weighted by molar-refractivity contribution is -0.151. The number of hydrogen-bond donors (Lipinski definition) is 2. The molecule has 1 atom stereocenters. The lowest BCUT2D eigenvalue weighted by Gasteiger charge is -2.33. The predicted octanol–water partition coefficient (Wildman–Crippen LogP) is 7.67. The van der Waals surface area contributed by atoms with Crippen LogP contribution in [0.4, 0.5) is 17.6 Å². The van der Waals surface area contributed by atoms with E-state index in [9.17, 15) is 40.7 Å². The second kappa shape index (κ2) is 23.5. The van der Waals surface area contributed by atoms with E-state index in [0.717, 1.165) is 5.56 Å². The van der Waals surface area contributed by atoms with Crippen molar-refractivity contribution in [3.05, 3.63) is 112 Å². The molecular weight excluding hydrogens is 994 g/mol. The Balaban J connectivity index is 1.19. The standard InChI is InChI=1S/C48H50ClF4N7O9S2/c1-4-66-46(63)38(25-33-23-30(24-39(61)62)5-12-37(33)68-27-35-13-15-55-47(58-35)67-22-14-48(51,52)53)69-44-41-40(43(70-45(41)57-28-56-44)31-6-9-34(50)10-7-31)36-11-8-32(42(49)29(36)2)26-54-16-17-59-18-20-60(21-19-59)71(3,64)65/h5-13,15,23,28,38,54H,4,14,16-22,24-27H2,1-3H3,(H,61,62). The highest BCUT2D eigenvalue weighted by atomic mass is 35.5. The summed E-state index contributed by atoms with van der Waals surface area (Å²) >= 11 is 8.45. The number of hydrogen-bond acceptors (Lipinski definition) is 15. The third-order valence-corrected chi connectivity index (χ3v) is 14.4. The summed E-state index contributed by atoms with van der Waals surface area (Å²) in [5.41, 5.74) is 4.49. The number of esters is 1. The Morgan fingerprint density at radius 1 is 0.986 bits per heavy atom. The van der Waals surface area contributed by atoms with E-state index in [1.807, 2.05) is 19.1 Å². The number of fused-ring (bicyclic) bond motifs is 1. The molecule has 1 saturated heterocycles. The van der Waals surface area contributed by atoms with Crippen LogP contribution < -0.4 is 19.5 Å². The van der Waals surface area contributed by atoms with E-state index >= 15 is 0 Å². The van der Waals surface area contributed by atoms with Crippen LogP contribution in [0.2, 0.25) is 5.02 Å². The van der Waals surface area contributed by atoms with Crippen LogP contribution in [-0.2, 0) is 50.3 Å². The van der Waals surface area contributed by atoms with Crippen molar-refractivity contribution in [2.24, 2.45) is 0 Å². The van der Waals surface area contributed by atoms with Crippen LogP contribution in [0, 0.1) is 12.7 Å². The van der Waals surface area contributed by atoms with E-state index in [2.05, 4.69) is 30.2 Å². The largest absolute Gasteiger partial charge is 0.487 e. The van der Waals surface area contributed by atoms with Gasteiger partial charge in [-0.1, -0.05) is 48.0 Å². The quantitative estimate of drug-likeness (QED) is 0.0382. The molecule has 1 unspecified atom stereocenters. The van der Waals surface area contributed by atoms with Crippen LogP contribution in [0.3, 0.4) is 0 Å². The number of rotatable bonds is 22. The molecule has 3 aromatic carbocycles. The molecule has 0 radical (unpaired) electrons. The lowest BCUT2D eigenvalue weighted by atomic mass is 9.94. The maximum atomic E-state index is 14.3. The van der Waals surface area contributed by atoms with Gasteiger partial charge in [-0.2, -0.15) is 22.5 Å². The summed E-state index contributed by atoms with van der Waals surface area (Å²) < 4.78 is 101. The summed E-state index contributed by atoms with van der Waals surface area (Å²) in [6, 6.07) is 15.6. The van der Waals surface area contributed by atoms with Gasteiger partial charge in [-0.3, -0.25) is 9.69 Å². The molecule has 0 aliphatic carbocycles. The number of carbonyl (C=O) groups is 2. The van der Waals surface area contributed by atoms with Crippen LogP contribution in [0.25, 0.3) is 31.8 Å². The number of carbonyl (C=O) groups excluding carboxylic acids is 1. The monoisotopic (exact) mass is 1040 g/mol. The molecule has 0 saturated carbocycles. The molecule has 6 aromatic rings. The van der Waals surface area contributed by atoms with Crippen molar-refractivity contribution < 1.29 is 59.6 Å². The van der Waals surface area contributed by atoms with Crippen molar-refractivity contribution in [3.8, 4) is 39.2 Å². The smallest absolute Gasteiger partial charge is 0.392 e. The molecule has 71 heavy (non-hydrogen) atoms.